The summed E-state index contributed by atoms with van der Waals surface area (Å²) in [5.41, 5.74) is 2.01. The zero-order chi connectivity index (χ0) is 20.0. The van der Waals surface area contributed by atoms with Crippen molar-refractivity contribution in [1.82, 2.24) is 20.1 Å². The molecule has 2 fully saturated rings. The lowest BCUT2D eigenvalue weighted by molar-refractivity contribution is -0.152. The number of carbonyl (C=O) groups is 3. The van der Waals surface area contributed by atoms with Crippen molar-refractivity contribution in [3.8, 4) is 0 Å². The average Bonchev–Trinajstić information content (AvgIpc) is 3.41. The molecule has 2 atom stereocenters. The molecule has 2 aliphatic heterocycles. The molecule has 2 saturated heterocycles. The molecule has 3 aromatic rings. The molecule has 3 amide bonds. The summed E-state index contributed by atoms with van der Waals surface area (Å²) < 4.78 is 0. The fourth-order valence-electron chi connectivity index (χ4n) is 4.20. The highest BCUT2D eigenvalue weighted by molar-refractivity contribution is 7.12. The van der Waals surface area contributed by atoms with E-state index in [1.165, 1.54) is 11.3 Å². The monoisotopic (exact) mass is 408 g/mol. The third kappa shape index (κ3) is 3.09. The number of hydrogen-bond acceptors (Lipinski definition) is 4. The minimum atomic E-state index is -0.626. The van der Waals surface area contributed by atoms with Crippen LogP contribution in [0.4, 0.5) is 0 Å². The van der Waals surface area contributed by atoms with Gasteiger partial charge in [-0.15, -0.1) is 11.3 Å². The molecule has 1 aromatic carbocycles. The maximum Gasteiger partial charge on any atom is 0.264 e. The molecule has 2 aliphatic rings. The number of piperazine rings is 2. The van der Waals surface area contributed by atoms with Gasteiger partial charge in [-0.25, -0.2) is 0 Å². The van der Waals surface area contributed by atoms with Gasteiger partial charge in [0.1, 0.15) is 12.1 Å². The zero-order valence-corrected chi connectivity index (χ0v) is 16.4. The number of nitrogens with zero attached hydrogens (tertiary/aromatic N) is 2. The van der Waals surface area contributed by atoms with Gasteiger partial charge >= 0.3 is 0 Å². The van der Waals surface area contributed by atoms with E-state index in [0.717, 1.165) is 16.5 Å². The Morgan fingerprint density at radius 1 is 1.14 bits per heavy atom. The van der Waals surface area contributed by atoms with Gasteiger partial charge in [0.2, 0.25) is 11.8 Å². The molecule has 0 radical (unpaired) electrons. The fraction of sp³-hybridized carbons (Fsp3) is 0.286. The maximum atomic E-state index is 13.1. The Labute approximate surface area is 171 Å². The van der Waals surface area contributed by atoms with E-state index in [2.05, 4.69) is 10.3 Å². The molecule has 0 aliphatic carbocycles. The Hall–Kier alpha value is -3.13. The summed E-state index contributed by atoms with van der Waals surface area (Å²) in [6, 6.07) is 10.3. The minimum Gasteiger partial charge on any atom is -0.361 e. The standard InChI is InChI=1S/C21H20N4O3S/c26-19-17-12-24(21(28)18-6-3-9-29-18)7-8-25(17)20(27)16(23-19)10-13-11-22-15-5-2-1-4-14(13)15/h1-6,9,11,16-17,22H,7-8,10,12H2,(H,23,26)/t16-,17+/m0/s1. The maximum absolute atomic E-state index is 13.1. The molecule has 148 valence electrons. The van der Waals surface area contributed by atoms with Crippen molar-refractivity contribution in [2.24, 2.45) is 0 Å². The summed E-state index contributed by atoms with van der Waals surface area (Å²) in [4.78, 5) is 45.6. The first kappa shape index (κ1) is 17.9. The van der Waals surface area contributed by atoms with Gasteiger partial charge < -0.3 is 20.1 Å². The molecule has 29 heavy (non-hydrogen) atoms. The quantitative estimate of drug-likeness (QED) is 0.691. The van der Waals surface area contributed by atoms with Crippen LogP contribution < -0.4 is 5.32 Å². The van der Waals surface area contributed by atoms with Gasteiger partial charge in [-0.05, 0) is 23.1 Å². The average molecular weight is 408 g/mol. The SMILES string of the molecule is O=C1N[C@@H](Cc2c[nH]c3ccccc23)C(=O)N2CCN(C(=O)c3cccs3)C[C@H]12. The predicted molar refractivity (Wildman–Crippen MR) is 110 cm³/mol. The third-order valence-corrected chi connectivity index (χ3v) is 6.56. The van der Waals surface area contributed by atoms with E-state index in [1.807, 2.05) is 41.9 Å². The first-order chi connectivity index (χ1) is 14.1. The van der Waals surface area contributed by atoms with Crippen LogP contribution in [0.2, 0.25) is 0 Å². The lowest BCUT2D eigenvalue weighted by Gasteiger charge is -2.45. The molecule has 2 N–H and O–H groups in total. The normalized spacial score (nSPS) is 21.9. The van der Waals surface area contributed by atoms with Crippen LogP contribution in [0.15, 0.2) is 48.0 Å². The van der Waals surface area contributed by atoms with Crippen molar-refractivity contribution >= 4 is 40.0 Å². The van der Waals surface area contributed by atoms with Crippen molar-refractivity contribution in [1.29, 1.82) is 0 Å². The van der Waals surface area contributed by atoms with Gasteiger partial charge in [-0.2, -0.15) is 0 Å². The second-order valence-electron chi connectivity index (χ2n) is 7.40. The van der Waals surface area contributed by atoms with Crippen molar-refractivity contribution < 1.29 is 14.4 Å². The largest absolute Gasteiger partial charge is 0.361 e. The first-order valence-electron chi connectivity index (χ1n) is 9.60. The van der Waals surface area contributed by atoms with Crippen LogP contribution in [0, 0.1) is 0 Å². The summed E-state index contributed by atoms with van der Waals surface area (Å²) in [6.07, 6.45) is 2.34. The number of amides is 3. The summed E-state index contributed by atoms with van der Waals surface area (Å²) >= 11 is 1.38. The van der Waals surface area contributed by atoms with E-state index in [0.29, 0.717) is 24.4 Å². The molecule has 8 heteroatoms. The molecule has 7 nitrogen and oxygen atoms in total. The summed E-state index contributed by atoms with van der Waals surface area (Å²) in [5.74, 6) is -0.359. The van der Waals surface area contributed by atoms with E-state index in [4.69, 9.17) is 0 Å². The highest BCUT2D eigenvalue weighted by Crippen LogP contribution is 2.23. The van der Waals surface area contributed by atoms with Crippen LogP contribution in [0.1, 0.15) is 15.2 Å². The molecule has 0 unspecified atom stereocenters. The van der Waals surface area contributed by atoms with E-state index >= 15 is 0 Å². The number of nitrogens with one attached hydrogen (secondary N) is 2. The number of fused-ring (bicyclic) bond motifs is 2. The Morgan fingerprint density at radius 2 is 2.00 bits per heavy atom. The summed E-state index contributed by atoms with van der Waals surface area (Å²) in [5, 5.41) is 5.80. The lowest BCUT2D eigenvalue weighted by atomic mass is 9.98. The Morgan fingerprint density at radius 3 is 2.83 bits per heavy atom. The Bertz CT molecular complexity index is 1090. The van der Waals surface area contributed by atoms with Crippen LogP contribution in [-0.4, -0.2) is 64.2 Å². The number of carbonyl (C=O) groups excluding carboxylic acids is 3. The number of thiophene rings is 1. The van der Waals surface area contributed by atoms with Crippen LogP contribution in [-0.2, 0) is 16.0 Å². The Balaban J connectivity index is 1.32. The van der Waals surface area contributed by atoms with Crippen LogP contribution in [0.3, 0.4) is 0 Å². The number of aromatic amines is 1. The lowest BCUT2D eigenvalue weighted by Crippen LogP contribution is -2.70. The van der Waals surface area contributed by atoms with Crippen molar-refractivity contribution in [2.75, 3.05) is 19.6 Å². The highest BCUT2D eigenvalue weighted by Gasteiger charge is 2.44. The van der Waals surface area contributed by atoms with Gasteiger partial charge in [-0.1, -0.05) is 24.3 Å². The highest BCUT2D eigenvalue weighted by atomic mass is 32.1. The molecule has 0 spiro atoms. The number of rotatable bonds is 3. The smallest absolute Gasteiger partial charge is 0.264 e. The number of H-pyrrole nitrogens is 1. The number of para-hydroxylation sites is 1. The van der Waals surface area contributed by atoms with E-state index in [-0.39, 0.29) is 24.3 Å². The zero-order valence-electron chi connectivity index (χ0n) is 15.6. The van der Waals surface area contributed by atoms with Crippen molar-refractivity contribution in [3.63, 3.8) is 0 Å². The second-order valence-corrected chi connectivity index (χ2v) is 8.35. The second kappa shape index (κ2) is 7.04. The van der Waals surface area contributed by atoms with E-state index in [9.17, 15) is 14.4 Å². The van der Waals surface area contributed by atoms with Gasteiger partial charge in [0.05, 0.1) is 11.4 Å². The number of aromatic nitrogens is 1. The molecular formula is C21H20N4O3S. The van der Waals surface area contributed by atoms with Gasteiger partial charge in [0, 0.05) is 36.6 Å². The number of benzene rings is 1. The minimum absolute atomic E-state index is 0.0805. The van der Waals surface area contributed by atoms with E-state index in [1.54, 1.807) is 15.9 Å². The van der Waals surface area contributed by atoms with Crippen LogP contribution in [0.25, 0.3) is 10.9 Å². The molecule has 0 bridgehead atoms. The summed E-state index contributed by atoms with van der Waals surface area (Å²) in [7, 11) is 0. The van der Waals surface area contributed by atoms with Crippen LogP contribution in [0.5, 0.6) is 0 Å². The molecular weight excluding hydrogens is 388 g/mol. The van der Waals surface area contributed by atoms with Gasteiger partial charge in [0.15, 0.2) is 0 Å². The molecule has 0 saturated carbocycles. The predicted octanol–water partition coefficient (Wildman–Crippen LogP) is 1.62. The fourth-order valence-corrected chi connectivity index (χ4v) is 4.89. The third-order valence-electron chi connectivity index (χ3n) is 5.70. The molecule has 2 aromatic heterocycles. The number of hydrogen-bond donors (Lipinski definition) is 2. The van der Waals surface area contributed by atoms with Crippen molar-refractivity contribution in [2.45, 2.75) is 18.5 Å². The van der Waals surface area contributed by atoms with E-state index < -0.39 is 12.1 Å². The summed E-state index contributed by atoms with van der Waals surface area (Å²) in [6.45, 7) is 1.04. The topological polar surface area (TPSA) is 85.5 Å². The van der Waals surface area contributed by atoms with Crippen LogP contribution >= 0.6 is 11.3 Å². The molecule has 4 heterocycles. The van der Waals surface area contributed by atoms with Gasteiger partial charge in [0.25, 0.3) is 5.91 Å². The van der Waals surface area contributed by atoms with Crippen molar-refractivity contribution in [3.05, 3.63) is 58.4 Å². The first-order valence-corrected chi connectivity index (χ1v) is 10.5. The van der Waals surface area contributed by atoms with Gasteiger partial charge in [-0.3, -0.25) is 14.4 Å². The molecule has 5 rings (SSSR count). The Kier molecular flexibility index (Phi) is 4.35.